The molecule has 1 amide bonds. The average Bonchev–Trinajstić information content (AvgIpc) is 2.34. The standard InChI is InChI=1S/C13H16F2N2O2/c1-9-3-4-10(7-16-9)8-17-11(18)13(14,15)12(19)5-2-6-12/h3-4,7,19H,2,5-6,8H2,1H3,(H,17,18). The van der Waals surface area contributed by atoms with Gasteiger partial charge in [-0.1, -0.05) is 6.07 Å². The Labute approximate surface area is 109 Å². The third-order valence-corrected chi connectivity index (χ3v) is 3.48. The van der Waals surface area contributed by atoms with Crippen LogP contribution >= 0.6 is 0 Å². The molecule has 1 aliphatic carbocycles. The van der Waals surface area contributed by atoms with Crippen molar-refractivity contribution < 1.29 is 18.7 Å². The van der Waals surface area contributed by atoms with Gasteiger partial charge in [-0.05, 0) is 37.8 Å². The van der Waals surface area contributed by atoms with Gasteiger partial charge in [0.2, 0.25) is 0 Å². The van der Waals surface area contributed by atoms with Crippen molar-refractivity contribution in [3.8, 4) is 0 Å². The van der Waals surface area contributed by atoms with Gasteiger partial charge in [-0.2, -0.15) is 8.78 Å². The molecule has 1 fully saturated rings. The zero-order chi connectivity index (χ0) is 14.1. The Kier molecular flexibility index (Phi) is 3.54. The number of alkyl halides is 2. The Morgan fingerprint density at radius 1 is 1.53 bits per heavy atom. The van der Waals surface area contributed by atoms with E-state index in [2.05, 4.69) is 10.3 Å². The zero-order valence-electron chi connectivity index (χ0n) is 10.6. The first-order valence-corrected chi connectivity index (χ1v) is 6.15. The predicted octanol–water partition coefficient (Wildman–Crippen LogP) is 1.56. The number of aryl methyl sites for hydroxylation is 1. The molecule has 0 saturated heterocycles. The molecule has 104 valence electrons. The molecule has 1 heterocycles. The van der Waals surface area contributed by atoms with E-state index >= 15 is 0 Å². The molecule has 1 aliphatic rings. The number of nitrogens with zero attached hydrogens (tertiary/aromatic N) is 1. The summed E-state index contributed by atoms with van der Waals surface area (Å²) in [6.07, 6.45) is 1.95. The normalized spacial score (nSPS) is 17.7. The number of rotatable bonds is 4. The molecule has 1 saturated carbocycles. The van der Waals surface area contributed by atoms with Crippen molar-refractivity contribution in [3.05, 3.63) is 29.6 Å². The van der Waals surface area contributed by atoms with Crippen molar-refractivity contribution in [2.45, 2.75) is 44.3 Å². The summed E-state index contributed by atoms with van der Waals surface area (Å²) in [5.74, 6) is -5.18. The Morgan fingerprint density at radius 2 is 2.21 bits per heavy atom. The third kappa shape index (κ3) is 2.58. The third-order valence-electron chi connectivity index (χ3n) is 3.48. The fraction of sp³-hybridized carbons (Fsp3) is 0.538. The number of aliphatic hydroxyl groups is 1. The van der Waals surface area contributed by atoms with Crippen molar-refractivity contribution in [1.29, 1.82) is 0 Å². The van der Waals surface area contributed by atoms with Gasteiger partial charge >= 0.3 is 5.92 Å². The smallest absolute Gasteiger partial charge is 0.352 e. The van der Waals surface area contributed by atoms with Gasteiger partial charge in [0.05, 0.1) is 0 Å². The van der Waals surface area contributed by atoms with E-state index in [4.69, 9.17) is 0 Å². The minimum atomic E-state index is -3.75. The number of aromatic nitrogens is 1. The van der Waals surface area contributed by atoms with Gasteiger partial charge in [0.1, 0.15) is 5.60 Å². The summed E-state index contributed by atoms with van der Waals surface area (Å²) in [6, 6.07) is 3.44. The molecule has 0 aliphatic heterocycles. The van der Waals surface area contributed by atoms with Gasteiger partial charge < -0.3 is 10.4 Å². The van der Waals surface area contributed by atoms with E-state index in [1.165, 1.54) is 6.20 Å². The molecule has 2 rings (SSSR count). The van der Waals surface area contributed by atoms with Crippen molar-refractivity contribution in [3.63, 3.8) is 0 Å². The molecule has 0 unspecified atom stereocenters. The number of halogens is 2. The highest BCUT2D eigenvalue weighted by molar-refractivity contribution is 5.85. The lowest BCUT2D eigenvalue weighted by atomic mass is 9.75. The fourth-order valence-electron chi connectivity index (χ4n) is 1.93. The van der Waals surface area contributed by atoms with Crippen LogP contribution in [0, 0.1) is 6.92 Å². The van der Waals surface area contributed by atoms with Crippen molar-refractivity contribution in [2.24, 2.45) is 0 Å². The first-order chi connectivity index (χ1) is 8.85. The van der Waals surface area contributed by atoms with Crippen molar-refractivity contribution in [1.82, 2.24) is 10.3 Å². The van der Waals surface area contributed by atoms with Gasteiger partial charge in [0, 0.05) is 18.4 Å². The molecule has 0 bridgehead atoms. The van der Waals surface area contributed by atoms with Gasteiger partial charge in [0.15, 0.2) is 0 Å². The van der Waals surface area contributed by atoms with Gasteiger partial charge in [-0.15, -0.1) is 0 Å². The molecule has 0 atom stereocenters. The molecule has 19 heavy (non-hydrogen) atoms. The van der Waals surface area contributed by atoms with E-state index in [1.54, 1.807) is 12.1 Å². The number of pyridine rings is 1. The summed E-state index contributed by atoms with van der Waals surface area (Å²) < 4.78 is 27.5. The summed E-state index contributed by atoms with van der Waals surface area (Å²) in [5.41, 5.74) is -0.734. The minimum Gasteiger partial charge on any atom is -0.383 e. The van der Waals surface area contributed by atoms with Crippen LogP contribution in [0.3, 0.4) is 0 Å². The van der Waals surface area contributed by atoms with E-state index < -0.39 is 17.4 Å². The van der Waals surface area contributed by atoms with E-state index in [1.807, 2.05) is 6.92 Å². The van der Waals surface area contributed by atoms with Crippen LogP contribution in [0.1, 0.15) is 30.5 Å². The monoisotopic (exact) mass is 270 g/mol. The lowest BCUT2D eigenvalue weighted by molar-refractivity contribution is -0.216. The first kappa shape index (κ1) is 13.9. The van der Waals surface area contributed by atoms with Crippen LogP contribution in [-0.4, -0.2) is 27.5 Å². The molecule has 4 nitrogen and oxygen atoms in total. The summed E-state index contributed by atoms with van der Waals surface area (Å²) in [6.45, 7) is 1.78. The van der Waals surface area contributed by atoms with Crippen LogP contribution in [0.4, 0.5) is 8.78 Å². The summed E-state index contributed by atoms with van der Waals surface area (Å²) in [4.78, 5) is 15.5. The molecule has 0 aromatic carbocycles. The van der Waals surface area contributed by atoms with Crippen LogP contribution in [-0.2, 0) is 11.3 Å². The molecule has 6 heteroatoms. The van der Waals surface area contributed by atoms with Crippen LogP contribution in [0.25, 0.3) is 0 Å². The maximum Gasteiger partial charge on any atom is 0.352 e. The number of hydrogen-bond donors (Lipinski definition) is 2. The highest BCUT2D eigenvalue weighted by Crippen LogP contribution is 2.44. The van der Waals surface area contributed by atoms with E-state index in [0.717, 1.165) is 5.69 Å². The number of amides is 1. The Morgan fingerprint density at radius 3 is 2.68 bits per heavy atom. The predicted molar refractivity (Wildman–Crippen MR) is 64.6 cm³/mol. The summed E-state index contributed by atoms with van der Waals surface area (Å²) >= 11 is 0. The highest BCUT2D eigenvalue weighted by atomic mass is 19.3. The molecule has 2 N–H and O–H groups in total. The lowest BCUT2D eigenvalue weighted by Crippen LogP contribution is -2.60. The van der Waals surface area contributed by atoms with E-state index in [-0.39, 0.29) is 19.4 Å². The Bertz CT molecular complexity index is 470. The quantitative estimate of drug-likeness (QED) is 0.872. The topological polar surface area (TPSA) is 62.2 Å². The van der Waals surface area contributed by atoms with Crippen molar-refractivity contribution in [2.75, 3.05) is 0 Å². The molecular weight excluding hydrogens is 254 g/mol. The zero-order valence-corrected chi connectivity index (χ0v) is 10.6. The lowest BCUT2D eigenvalue weighted by Gasteiger charge is -2.41. The van der Waals surface area contributed by atoms with Crippen LogP contribution in [0.15, 0.2) is 18.3 Å². The van der Waals surface area contributed by atoms with Gasteiger partial charge in [-0.3, -0.25) is 9.78 Å². The number of carbonyl (C=O) groups excluding carboxylic acids is 1. The Hall–Kier alpha value is -1.56. The average molecular weight is 270 g/mol. The molecule has 0 spiro atoms. The highest BCUT2D eigenvalue weighted by Gasteiger charge is 2.60. The molecule has 1 aromatic heterocycles. The van der Waals surface area contributed by atoms with Crippen LogP contribution in [0.5, 0.6) is 0 Å². The van der Waals surface area contributed by atoms with E-state index in [9.17, 15) is 18.7 Å². The number of nitrogens with one attached hydrogen (secondary N) is 1. The fourth-order valence-corrected chi connectivity index (χ4v) is 1.93. The SMILES string of the molecule is Cc1ccc(CNC(=O)C(F)(F)C2(O)CCC2)cn1. The second-order valence-electron chi connectivity index (χ2n) is 4.95. The molecule has 1 aromatic rings. The number of carbonyl (C=O) groups is 1. The maximum absolute atomic E-state index is 13.7. The summed E-state index contributed by atoms with van der Waals surface area (Å²) in [7, 11) is 0. The van der Waals surface area contributed by atoms with Crippen LogP contribution < -0.4 is 5.32 Å². The van der Waals surface area contributed by atoms with E-state index in [0.29, 0.717) is 12.0 Å². The molecule has 0 radical (unpaired) electrons. The second kappa shape index (κ2) is 4.85. The van der Waals surface area contributed by atoms with Crippen LogP contribution in [0.2, 0.25) is 0 Å². The maximum atomic E-state index is 13.7. The van der Waals surface area contributed by atoms with Crippen molar-refractivity contribution >= 4 is 5.91 Å². The second-order valence-corrected chi connectivity index (χ2v) is 4.95. The van der Waals surface area contributed by atoms with Gasteiger partial charge in [-0.25, -0.2) is 0 Å². The molecular formula is C13H16F2N2O2. The Balaban J connectivity index is 1.95. The van der Waals surface area contributed by atoms with Gasteiger partial charge in [0.25, 0.3) is 5.91 Å². The first-order valence-electron chi connectivity index (χ1n) is 6.15. The number of hydrogen-bond acceptors (Lipinski definition) is 3. The minimum absolute atomic E-state index is 0.0300. The summed E-state index contributed by atoms with van der Waals surface area (Å²) in [5, 5.41) is 11.8. The largest absolute Gasteiger partial charge is 0.383 e.